The standard InChI is InChI=1S/C62H52N2/c1-43-38-44(2)40-46(39-43)29-28-45-30-34-52(35-31-45)63(53-36-32-48(33-37-53)57-25-13-17-49-16-12-24-56(62(49)57)47-14-4-3-5-15-47)54-20-10-18-50(41-54)51-19-11-21-55(42-51)64-60-26-8-6-22-58(60)59-23-7-9-27-61(59)64/h3-27,30-37,41-42,44,46H,1,28-29,38-40H2,2H3. The highest BCUT2D eigenvalue weighted by Gasteiger charge is 2.22. The predicted molar refractivity (Wildman–Crippen MR) is 273 cm³/mol. The van der Waals surface area contributed by atoms with Gasteiger partial charge in [-0.15, -0.1) is 0 Å². The molecule has 0 spiro atoms. The van der Waals surface area contributed by atoms with Crippen molar-refractivity contribution in [1.82, 2.24) is 4.57 Å². The van der Waals surface area contributed by atoms with Crippen LogP contribution < -0.4 is 4.90 Å². The number of nitrogens with zero attached hydrogens (tertiary/aromatic N) is 2. The molecule has 1 fully saturated rings. The van der Waals surface area contributed by atoms with Crippen LogP contribution in [0.5, 0.6) is 0 Å². The van der Waals surface area contributed by atoms with Crippen LogP contribution in [-0.2, 0) is 6.42 Å². The van der Waals surface area contributed by atoms with E-state index >= 15 is 0 Å². The number of aryl methyl sites for hydroxylation is 1. The van der Waals surface area contributed by atoms with E-state index in [0.29, 0.717) is 0 Å². The minimum Gasteiger partial charge on any atom is -0.310 e. The zero-order valence-corrected chi connectivity index (χ0v) is 36.5. The molecule has 0 aliphatic heterocycles. The maximum Gasteiger partial charge on any atom is 0.0541 e. The van der Waals surface area contributed by atoms with Crippen LogP contribution in [0.25, 0.3) is 71.6 Å². The third kappa shape index (κ3) is 7.60. The molecule has 11 rings (SSSR count). The van der Waals surface area contributed by atoms with Gasteiger partial charge in [-0.25, -0.2) is 0 Å². The predicted octanol–water partition coefficient (Wildman–Crippen LogP) is 17.3. The van der Waals surface area contributed by atoms with Gasteiger partial charge in [0.2, 0.25) is 0 Å². The molecule has 0 bridgehead atoms. The summed E-state index contributed by atoms with van der Waals surface area (Å²) in [6.07, 6.45) is 5.98. The summed E-state index contributed by atoms with van der Waals surface area (Å²) in [5.41, 5.74) is 17.0. The lowest BCUT2D eigenvalue weighted by atomic mass is 9.77. The van der Waals surface area contributed by atoms with Gasteiger partial charge in [-0.2, -0.15) is 0 Å². The summed E-state index contributed by atoms with van der Waals surface area (Å²) in [5.74, 6) is 1.47. The van der Waals surface area contributed by atoms with E-state index in [1.54, 1.807) is 0 Å². The fraction of sp³-hybridized carbons (Fsp3) is 0.129. The van der Waals surface area contributed by atoms with E-state index in [1.165, 1.54) is 103 Å². The Morgan fingerprint density at radius 3 is 1.73 bits per heavy atom. The number of rotatable bonds is 10. The monoisotopic (exact) mass is 824 g/mol. The normalized spacial score (nSPS) is 15.2. The molecule has 10 aromatic rings. The van der Waals surface area contributed by atoms with E-state index in [2.05, 4.69) is 235 Å². The van der Waals surface area contributed by atoms with Gasteiger partial charge in [-0.05, 0) is 154 Å². The van der Waals surface area contributed by atoms with Gasteiger partial charge in [0.05, 0.1) is 11.0 Å². The van der Waals surface area contributed by atoms with Crippen LogP contribution in [0, 0.1) is 11.8 Å². The van der Waals surface area contributed by atoms with Crippen molar-refractivity contribution in [3.63, 3.8) is 0 Å². The number of anilines is 3. The number of para-hydroxylation sites is 2. The highest BCUT2D eigenvalue weighted by Crippen LogP contribution is 2.42. The van der Waals surface area contributed by atoms with Crippen molar-refractivity contribution in [1.29, 1.82) is 0 Å². The molecular weight excluding hydrogens is 773 g/mol. The molecule has 2 unspecified atom stereocenters. The van der Waals surface area contributed by atoms with E-state index in [9.17, 15) is 0 Å². The van der Waals surface area contributed by atoms with Crippen LogP contribution >= 0.6 is 0 Å². The van der Waals surface area contributed by atoms with Crippen molar-refractivity contribution < 1.29 is 0 Å². The van der Waals surface area contributed by atoms with E-state index in [4.69, 9.17) is 0 Å². The molecular formula is C62H52N2. The quantitative estimate of drug-likeness (QED) is 0.125. The minimum atomic E-state index is 0.729. The Hall–Kier alpha value is -7.42. The smallest absolute Gasteiger partial charge is 0.0541 e. The lowest BCUT2D eigenvalue weighted by molar-refractivity contribution is 0.321. The molecule has 1 aliphatic carbocycles. The SMILES string of the molecule is C=C1CC(C)CC(CCc2ccc(N(c3ccc(-c4cccc5cccc(-c6ccccc6)c45)cc3)c3cccc(-c4cccc(-n5c6ccccc6c6ccccc65)c4)c3)cc2)C1. The van der Waals surface area contributed by atoms with Crippen LogP contribution in [-0.4, -0.2) is 4.57 Å². The fourth-order valence-electron chi connectivity index (χ4n) is 10.6. The van der Waals surface area contributed by atoms with Crippen molar-refractivity contribution in [3.8, 4) is 39.1 Å². The van der Waals surface area contributed by atoms with E-state index < -0.39 is 0 Å². The molecule has 0 radical (unpaired) electrons. The number of benzene rings is 9. The van der Waals surface area contributed by atoms with Crippen LogP contribution in [0.3, 0.4) is 0 Å². The average molecular weight is 825 g/mol. The van der Waals surface area contributed by atoms with Gasteiger partial charge in [0.1, 0.15) is 0 Å². The maximum atomic E-state index is 4.37. The van der Waals surface area contributed by atoms with Crippen LogP contribution in [0.4, 0.5) is 17.1 Å². The summed E-state index contributed by atoms with van der Waals surface area (Å²) >= 11 is 0. The molecule has 2 heteroatoms. The number of hydrogen-bond donors (Lipinski definition) is 0. The van der Waals surface area contributed by atoms with Crippen LogP contribution in [0.1, 0.15) is 38.2 Å². The summed E-state index contributed by atoms with van der Waals surface area (Å²) in [6.45, 7) is 6.75. The van der Waals surface area contributed by atoms with Crippen LogP contribution in [0.2, 0.25) is 0 Å². The molecule has 310 valence electrons. The fourth-order valence-corrected chi connectivity index (χ4v) is 10.6. The largest absolute Gasteiger partial charge is 0.310 e. The highest BCUT2D eigenvalue weighted by molar-refractivity contribution is 6.09. The lowest BCUT2D eigenvalue weighted by Crippen LogP contribution is -2.15. The molecule has 0 N–H and O–H groups in total. The molecule has 0 saturated heterocycles. The molecule has 1 saturated carbocycles. The Morgan fingerprint density at radius 2 is 1.06 bits per heavy atom. The Bertz CT molecular complexity index is 3220. The summed E-state index contributed by atoms with van der Waals surface area (Å²) in [7, 11) is 0. The molecule has 2 atom stereocenters. The van der Waals surface area contributed by atoms with Gasteiger partial charge in [-0.3, -0.25) is 0 Å². The maximum absolute atomic E-state index is 4.37. The minimum absolute atomic E-state index is 0.729. The summed E-state index contributed by atoms with van der Waals surface area (Å²) in [4.78, 5) is 2.42. The van der Waals surface area contributed by atoms with Crippen molar-refractivity contribution in [2.45, 2.75) is 39.0 Å². The van der Waals surface area contributed by atoms with Crippen molar-refractivity contribution in [2.75, 3.05) is 4.90 Å². The Balaban J connectivity index is 0.972. The molecule has 1 aromatic heterocycles. The van der Waals surface area contributed by atoms with Gasteiger partial charge in [-0.1, -0.05) is 171 Å². The van der Waals surface area contributed by atoms with E-state index in [0.717, 1.165) is 41.0 Å². The molecule has 9 aromatic carbocycles. The first-order chi connectivity index (χ1) is 31.5. The number of hydrogen-bond acceptors (Lipinski definition) is 1. The first-order valence-corrected chi connectivity index (χ1v) is 23.0. The third-order valence-corrected chi connectivity index (χ3v) is 13.5. The van der Waals surface area contributed by atoms with Gasteiger partial charge in [0.25, 0.3) is 0 Å². The topological polar surface area (TPSA) is 8.17 Å². The Kier molecular flexibility index (Phi) is 10.5. The van der Waals surface area contributed by atoms with Gasteiger partial charge < -0.3 is 9.47 Å². The van der Waals surface area contributed by atoms with Gasteiger partial charge in [0, 0.05) is 33.5 Å². The van der Waals surface area contributed by atoms with Gasteiger partial charge >= 0.3 is 0 Å². The molecule has 0 amide bonds. The number of allylic oxidation sites excluding steroid dienone is 1. The zero-order chi connectivity index (χ0) is 43.0. The third-order valence-electron chi connectivity index (χ3n) is 13.5. The average Bonchev–Trinajstić information content (AvgIpc) is 3.68. The molecule has 1 aliphatic rings. The van der Waals surface area contributed by atoms with Crippen LogP contribution in [0.15, 0.2) is 224 Å². The van der Waals surface area contributed by atoms with Gasteiger partial charge in [0.15, 0.2) is 0 Å². The van der Waals surface area contributed by atoms with Crippen molar-refractivity contribution in [2.24, 2.45) is 11.8 Å². The second-order valence-corrected chi connectivity index (χ2v) is 18.0. The second kappa shape index (κ2) is 17.0. The lowest BCUT2D eigenvalue weighted by Gasteiger charge is -2.29. The number of aromatic nitrogens is 1. The summed E-state index contributed by atoms with van der Waals surface area (Å²) in [6, 6.07) is 78.1. The summed E-state index contributed by atoms with van der Waals surface area (Å²) in [5, 5.41) is 5.06. The van der Waals surface area contributed by atoms with E-state index in [-0.39, 0.29) is 0 Å². The highest BCUT2D eigenvalue weighted by atomic mass is 15.1. The Morgan fingerprint density at radius 1 is 0.500 bits per heavy atom. The van der Waals surface area contributed by atoms with Crippen molar-refractivity contribution in [3.05, 3.63) is 230 Å². The number of fused-ring (bicyclic) bond motifs is 4. The Labute approximate surface area is 377 Å². The summed E-state index contributed by atoms with van der Waals surface area (Å²) < 4.78 is 2.40. The second-order valence-electron chi connectivity index (χ2n) is 18.0. The van der Waals surface area contributed by atoms with Crippen molar-refractivity contribution >= 4 is 49.6 Å². The zero-order valence-electron chi connectivity index (χ0n) is 36.5. The molecule has 2 nitrogen and oxygen atoms in total. The first-order valence-electron chi connectivity index (χ1n) is 23.0. The molecule has 1 heterocycles. The molecule has 64 heavy (non-hydrogen) atoms. The first kappa shape index (κ1) is 39.4. The van der Waals surface area contributed by atoms with E-state index in [1.807, 2.05) is 0 Å².